The van der Waals surface area contributed by atoms with Crippen molar-refractivity contribution in [3.05, 3.63) is 42.5 Å². The largest absolute Gasteiger partial charge is 0.497 e. The minimum absolute atomic E-state index is 0.0320. The summed E-state index contributed by atoms with van der Waals surface area (Å²) in [6.45, 7) is 4.78. The van der Waals surface area contributed by atoms with Gasteiger partial charge in [-0.1, -0.05) is 24.8 Å². The molecule has 1 aromatic rings. The van der Waals surface area contributed by atoms with Crippen LogP contribution in [-0.2, 0) is 9.53 Å². The highest BCUT2D eigenvalue weighted by atomic mass is 16.6. The summed E-state index contributed by atoms with van der Waals surface area (Å²) in [5.74, 6) is -0.420. The van der Waals surface area contributed by atoms with Gasteiger partial charge in [-0.3, -0.25) is 9.69 Å². The summed E-state index contributed by atoms with van der Waals surface area (Å²) >= 11 is 0. The first kappa shape index (κ1) is 16.6. The molecule has 0 aliphatic carbocycles. The average molecular weight is 293 g/mol. The summed E-state index contributed by atoms with van der Waals surface area (Å²) in [5.41, 5.74) is 0.785. The van der Waals surface area contributed by atoms with Crippen molar-refractivity contribution in [1.82, 2.24) is 4.90 Å². The Morgan fingerprint density at radius 2 is 2.00 bits per heavy atom. The molecule has 0 saturated carbocycles. The maximum Gasteiger partial charge on any atom is 0.411 e. The van der Waals surface area contributed by atoms with Gasteiger partial charge >= 0.3 is 12.1 Å². The number of amides is 1. The Hall–Kier alpha value is -2.50. The van der Waals surface area contributed by atoms with Gasteiger partial charge in [0, 0.05) is 0 Å². The number of aliphatic carboxylic acids is 1. The molecule has 21 heavy (non-hydrogen) atoms. The van der Waals surface area contributed by atoms with Crippen molar-refractivity contribution < 1.29 is 24.2 Å². The van der Waals surface area contributed by atoms with Crippen molar-refractivity contribution >= 4 is 12.1 Å². The lowest BCUT2D eigenvalue weighted by Crippen LogP contribution is -2.38. The van der Waals surface area contributed by atoms with Crippen molar-refractivity contribution in [3.8, 4) is 5.75 Å². The molecule has 0 aliphatic heterocycles. The molecule has 0 saturated heterocycles. The first-order valence-corrected chi connectivity index (χ1v) is 6.39. The molecule has 6 heteroatoms. The Balaban J connectivity index is 2.91. The second-order valence-electron chi connectivity index (χ2n) is 4.34. The van der Waals surface area contributed by atoms with Crippen molar-refractivity contribution in [2.45, 2.75) is 13.0 Å². The number of nitrogens with zero attached hydrogens (tertiary/aromatic N) is 1. The highest BCUT2D eigenvalue weighted by molar-refractivity contribution is 5.77. The molecule has 0 spiro atoms. The van der Waals surface area contributed by atoms with Crippen LogP contribution in [0.2, 0.25) is 0 Å². The minimum Gasteiger partial charge on any atom is -0.497 e. The van der Waals surface area contributed by atoms with E-state index in [1.54, 1.807) is 38.3 Å². The third-order valence-electron chi connectivity index (χ3n) is 2.93. The van der Waals surface area contributed by atoms with E-state index in [2.05, 4.69) is 6.58 Å². The average Bonchev–Trinajstić information content (AvgIpc) is 2.49. The molecule has 0 bridgehead atoms. The molecular formula is C15H19NO5. The van der Waals surface area contributed by atoms with E-state index in [0.717, 1.165) is 10.5 Å². The van der Waals surface area contributed by atoms with Gasteiger partial charge in [-0.15, -0.1) is 0 Å². The molecule has 1 atom stereocenters. The van der Waals surface area contributed by atoms with Gasteiger partial charge in [0.25, 0.3) is 0 Å². The van der Waals surface area contributed by atoms with Gasteiger partial charge in [0.15, 0.2) is 0 Å². The van der Waals surface area contributed by atoms with Crippen LogP contribution in [0, 0.1) is 0 Å². The van der Waals surface area contributed by atoms with Gasteiger partial charge in [0.05, 0.1) is 13.2 Å². The summed E-state index contributed by atoms with van der Waals surface area (Å²) in [6, 6.07) is 6.61. The number of hydrogen-bond acceptors (Lipinski definition) is 4. The predicted molar refractivity (Wildman–Crippen MR) is 77.3 cm³/mol. The van der Waals surface area contributed by atoms with Crippen molar-refractivity contribution in [3.63, 3.8) is 0 Å². The Morgan fingerprint density at radius 1 is 1.38 bits per heavy atom. The highest BCUT2D eigenvalue weighted by Crippen LogP contribution is 2.23. The molecule has 0 heterocycles. The van der Waals surface area contributed by atoms with Gasteiger partial charge in [0.1, 0.15) is 18.9 Å². The number of ether oxygens (including phenoxy) is 2. The third kappa shape index (κ3) is 4.83. The monoisotopic (exact) mass is 293 g/mol. The molecule has 0 aromatic heterocycles. The van der Waals surface area contributed by atoms with Gasteiger partial charge in [-0.05, 0) is 24.6 Å². The van der Waals surface area contributed by atoms with E-state index in [4.69, 9.17) is 14.6 Å². The number of carbonyl (C=O) groups excluding carboxylic acids is 1. The molecule has 1 rings (SSSR count). The fourth-order valence-corrected chi connectivity index (χ4v) is 1.78. The normalized spacial score (nSPS) is 11.3. The number of carbonyl (C=O) groups is 2. The van der Waals surface area contributed by atoms with Crippen LogP contribution in [0.3, 0.4) is 0 Å². The van der Waals surface area contributed by atoms with E-state index in [1.165, 1.54) is 6.08 Å². The van der Waals surface area contributed by atoms with Gasteiger partial charge < -0.3 is 14.6 Å². The van der Waals surface area contributed by atoms with Crippen LogP contribution in [0.5, 0.6) is 5.75 Å². The Bertz CT molecular complexity index is 497. The zero-order valence-corrected chi connectivity index (χ0v) is 12.1. The Morgan fingerprint density at radius 3 is 2.48 bits per heavy atom. The molecule has 1 unspecified atom stereocenters. The lowest BCUT2D eigenvalue weighted by Gasteiger charge is -2.27. The van der Waals surface area contributed by atoms with Gasteiger partial charge in [-0.25, -0.2) is 4.79 Å². The van der Waals surface area contributed by atoms with Crippen LogP contribution in [0.25, 0.3) is 0 Å². The fraction of sp³-hybridized carbons (Fsp3) is 0.333. The van der Waals surface area contributed by atoms with Crippen LogP contribution in [0.4, 0.5) is 4.79 Å². The summed E-state index contributed by atoms with van der Waals surface area (Å²) in [5, 5.41) is 8.95. The van der Waals surface area contributed by atoms with E-state index in [0.29, 0.717) is 5.75 Å². The predicted octanol–water partition coefficient (Wildman–Crippen LogP) is 2.47. The highest BCUT2D eigenvalue weighted by Gasteiger charge is 2.25. The molecule has 1 aromatic carbocycles. The molecule has 114 valence electrons. The van der Waals surface area contributed by atoms with Crippen LogP contribution in [-0.4, -0.2) is 42.3 Å². The van der Waals surface area contributed by atoms with Crippen LogP contribution >= 0.6 is 0 Å². The van der Waals surface area contributed by atoms with Gasteiger partial charge in [-0.2, -0.15) is 0 Å². The topological polar surface area (TPSA) is 76.1 Å². The summed E-state index contributed by atoms with van der Waals surface area (Å²) in [7, 11) is 1.56. The summed E-state index contributed by atoms with van der Waals surface area (Å²) in [4.78, 5) is 24.0. The second kappa shape index (κ2) is 7.94. The maximum atomic E-state index is 11.9. The van der Waals surface area contributed by atoms with Crippen molar-refractivity contribution in [1.29, 1.82) is 0 Å². The first-order valence-electron chi connectivity index (χ1n) is 6.39. The number of carboxylic acid groups (broad SMARTS) is 1. The first-order chi connectivity index (χ1) is 9.99. The molecule has 0 radical (unpaired) electrons. The van der Waals surface area contributed by atoms with E-state index < -0.39 is 24.6 Å². The number of carboxylic acids is 1. The van der Waals surface area contributed by atoms with Crippen LogP contribution in [0.1, 0.15) is 18.5 Å². The number of benzene rings is 1. The quantitative estimate of drug-likeness (QED) is 0.781. The minimum atomic E-state index is -1.11. The molecular weight excluding hydrogens is 274 g/mol. The van der Waals surface area contributed by atoms with Crippen LogP contribution in [0.15, 0.2) is 36.9 Å². The van der Waals surface area contributed by atoms with Crippen molar-refractivity contribution in [2.75, 3.05) is 20.3 Å². The molecule has 1 amide bonds. The number of methoxy groups -OCH3 is 1. The van der Waals surface area contributed by atoms with E-state index in [-0.39, 0.29) is 6.61 Å². The van der Waals surface area contributed by atoms with Crippen LogP contribution < -0.4 is 4.74 Å². The third-order valence-corrected chi connectivity index (χ3v) is 2.93. The molecule has 1 N–H and O–H groups in total. The van der Waals surface area contributed by atoms with Crippen molar-refractivity contribution in [2.24, 2.45) is 0 Å². The number of hydrogen-bond donors (Lipinski definition) is 1. The fourth-order valence-electron chi connectivity index (χ4n) is 1.78. The Labute approximate surface area is 123 Å². The standard InChI is InChI=1S/C15H19NO5/c1-4-9-21-15(19)16(10-14(17)18)11(2)12-5-7-13(20-3)8-6-12/h4-8,11H,1,9-10H2,2-3H3,(H,17,18). The van der Waals surface area contributed by atoms with E-state index in [9.17, 15) is 9.59 Å². The lowest BCUT2D eigenvalue weighted by atomic mass is 10.1. The summed E-state index contributed by atoms with van der Waals surface area (Å²) in [6.07, 6.45) is 0.732. The Kier molecular flexibility index (Phi) is 6.26. The lowest BCUT2D eigenvalue weighted by molar-refractivity contribution is -0.138. The van der Waals surface area contributed by atoms with E-state index in [1.807, 2.05) is 0 Å². The van der Waals surface area contributed by atoms with Gasteiger partial charge in [0.2, 0.25) is 0 Å². The molecule has 0 fully saturated rings. The number of rotatable bonds is 7. The zero-order chi connectivity index (χ0) is 15.8. The molecule has 0 aliphatic rings. The zero-order valence-electron chi connectivity index (χ0n) is 12.1. The van der Waals surface area contributed by atoms with E-state index >= 15 is 0 Å². The SMILES string of the molecule is C=CCOC(=O)N(CC(=O)O)C(C)c1ccc(OC)cc1. The smallest absolute Gasteiger partial charge is 0.411 e. The maximum absolute atomic E-state index is 11.9. The molecule has 6 nitrogen and oxygen atoms in total. The summed E-state index contributed by atoms with van der Waals surface area (Å²) < 4.78 is 9.99. The second-order valence-corrected chi connectivity index (χ2v) is 4.34.